The van der Waals surface area contributed by atoms with Gasteiger partial charge in [0.1, 0.15) is 0 Å². The minimum Gasteiger partial charge on any atom is -0.334 e. The summed E-state index contributed by atoms with van der Waals surface area (Å²) in [4.78, 5) is 4.74. The standard InChI is InChI=1S/C54H44N2/c1-5-17-43(18-6-1)55(44-19-7-2-8-20-44)47-35-29-41(30-36-47)33-39-53-49-25-13-15-27-51(49)54(52-28-16-14-26-50(52)53)40-34-42-31-37-48(38-32-42)56(45-21-9-3-10-22-45)46-23-11-4-12-24-46/h1-15,17-19,21-27,29-40,44H,16,20,28H2/b39-33+,40-34+. The third-order valence-electron chi connectivity index (χ3n) is 10.9. The zero-order valence-electron chi connectivity index (χ0n) is 31.5. The number of nitrogens with zero attached hydrogens (tertiary/aromatic N) is 2. The van der Waals surface area contributed by atoms with Gasteiger partial charge in [0.05, 0.1) is 6.04 Å². The molecule has 0 saturated heterocycles. The number of para-hydroxylation sites is 3. The van der Waals surface area contributed by atoms with Gasteiger partial charge in [0, 0.05) is 28.4 Å². The van der Waals surface area contributed by atoms with Crippen LogP contribution in [0, 0.1) is 0 Å². The number of hydrogen-bond acceptors (Lipinski definition) is 2. The predicted molar refractivity (Wildman–Crippen MR) is 242 cm³/mol. The number of allylic oxidation sites excluding steroid dienone is 3. The molecule has 0 N–H and O–H groups in total. The lowest BCUT2D eigenvalue weighted by atomic mass is 9.84. The first-order valence-electron chi connectivity index (χ1n) is 19.7. The van der Waals surface area contributed by atoms with E-state index in [4.69, 9.17) is 0 Å². The van der Waals surface area contributed by atoms with Crippen LogP contribution in [0.3, 0.4) is 0 Å². The average molecular weight is 721 g/mol. The average Bonchev–Trinajstić information content (AvgIpc) is 3.27. The van der Waals surface area contributed by atoms with Crippen LogP contribution in [0.4, 0.5) is 28.4 Å². The zero-order valence-corrected chi connectivity index (χ0v) is 31.5. The van der Waals surface area contributed by atoms with E-state index in [1.54, 1.807) is 0 Å². The molecule has 0 aromatic heterocycles. The Bertz CT molecular complexity index is 2540. The van der Waals surface area contributed by atoms with Gasteiger partial charge in [0.15, 0.2) is 0 Å². The molecule has 56 heavy (non-hydrogen) atoms. The van der Waals surface area contributed by atoms with Crippen molar-refractivity contribution in [2.75, 3.05) is 9.80 Å². The first-order chi connectivity index (χ1) is 27.8. The maximum atomic E-state index is 2.44. The molecule has 2 aliphatic carbocycles. The largest absolute Gasteiger partial charge is 0.334 e. The molecule has 2 aliphatic rings. The minimum atomic E-state index is 0.282. The maximum Gasteiger partial charge on any atom is 0.0559 e. The van der Waals surface area contributed by atoms with Gasteiger partial charge < -0.3 is 9.80 Å². The fourth-order valence-corrected chi connectivity index (χ4v) is 8.15. The second-order valence-electron chi connectivity index (χ2n) is 14.4. The van der Waals surface area contributed by atoms with Crippen molar-refractivity contribution < 1.29 is 0 Å². The lowest BCUT2D eigenvalue weighted by Crippen LogP contribution is -2.29. The Morgan fingerprint density at radius 2 is 0.946 bits per heavy atom. The van der Waals surface area contributed by atoms with Crippen molar-refractivity contribution in [2.45, 2.75) is 25.3 Å². The first-order valence-corrected chi connectivity index (χ1v) is 19.7. The van der Waals surface area contributed by atoms with Gasteiger partial charge in [-0.05, 0) is 124 Å². The molecule has 0 radical (unpaired) electrons. The predicted octanol–water partition coefficient (Wildman–Crippen LogP) is 14.6. The Balaban J connectivity index is 1.02. The Morgan fingerprint density at radius 3 is 1.54 bits per heavy atom. The van der Waals surface area contributed by atoms with E-state index in [0.717, 1.165) is 36.3 Å². The van der Waals surface area contributed by atoms with Crippen molar-refractivity contribution in [1.82, 2.24) is 0 Å². The summed E-state index contributed by atoms with van der Waals surface area (Å²) in [5.41, 5.74) is 13.5. The molecule has 0 fully saturated rings. The molecule has 0 amide bonds. The summed E-state index contributed by atoms with van der Waals surface area (Å²) in [5.74, 6) is 0. The van der Waals surface area contributed by atoms with E-state index < -0.39 is 0 Å². The number of hydrogen-bond donors (Lipinski definition) is 0. The lowest BCUT2D eigenvalue weighted by Gasteiger charge is -2.32. The second-order valence-corrected chi connectivity index (χ2v) is 14.4. The summed E-state index contributed by atoms with van der Waals surface area (Å²) in [6, 6.07) is 58.9. The number of fused-ring (bicyclic) bond motifs is 2. The second kappa shape index (κ2) is 16.2. The minimum absolute atomic E-state index is 0.282. The summed E-state index contributed by atoms with van der Waals surface area (Å²) in [7, 11) is 0. The molecule has 9 rings (SSSR count). The van der Waals surface area contributed by atoms with E-state index in [2.05, 4.69) is 234 Å². The Morgan fingerprint density at radius 1 is 0.446 bits per heavy atom. The van der Waals surface area contributed by atoms with E-state index in [-0.39, 0.29) is 6.04 Å². The highest BCUT2D eigenvalue weighted by atomic mass is 15.2. The molecule has 1 unspecified atom stereocenters. The first kappa shape index (κ1) is 34.8. The summed E-state index contributed by atoms with van der Waals surface area (Å²) in [6.07, 6.45) is 25.8. The van der Waals surface area contributed by atoms with Gasteiger partial charge >= 0.3 is 0 Å². The molecule has 1 atom stereocenters. The zero-order chi connectivity index (χ0) is 37.5. The number of rotatable bonds is 10. The van der Waals surface area contributed by atoms with Crippen LogP contribution in [0.25, 0.3) is 41.2 Å². The monoisotopic (exact) mass is 720 g/mol. The summed E-state index contributed by atoms with van der Waals surface area (Å²) < 4.78 is 0. The smallest absolute Gasteiger partial charge is 0.0559 e. The van der Waals surface area contributed by atoms with Gasteiger partial charge in [0.25, 0.3) is 0 Å². The van der Waals surface area contributed by atoms with Crippen molar-refractivity contribution in [2.24, 2.45) is 0 Å². The molecule has 0 bridgehead atoms. The van der Waals surface area contributed by atoms with Gasteiger partial charge in [-0.3, -0.25) is 0 Å². The van der Waals surface area contributed by atoms with E-state index in [9.17, 15) is 0 Å². The molecule has 0 saturated carbocycles. The Hall–Kier alpha value is -6.90. The van der Waals surface area contributed by atoms with E-state index in [1.165, 1.54) is 55.5 Å². The van der Waals surface area contributed by atoms with Crippen LogP contribution in [-0.2, 0) is 6.42 Å². The normalized spacial score (nSPS) is 14.8. The topological polar surface area (TPSA) is 6.48 Å². The SMILES string of the molecule is C1=CCC(N(c2ccccc2)c2ccc(/C=C/c3c4c(c(/C=C/c5ccc(N(c6ccccc6)c6ccccc6)cc5)c5ccccc35)CCC=C4)cc2)C=C1. The summed E-state index contributed by atoms with van der Waals surface area (Å²) >= 11 is 0. The van der Waals surface area contributed by atoms with Crippen molar-refractivity contribution in [3.05, 3.63) is 228 Å². The molecule has 2 heteroatoms. The molecule has 270 valence electrons. The van der Waals surface area contributed by atoms with Gasteiger partial charge in [-0.15, -0.1) is 0 Å². The molecule has 0 spiro atoms. The van der Waals surface area contributed by atoms with Crippen LogP contribution in [0.5, 0.6) is 0 Å². The lowest BCUT2D eigenvalue weighted by molar-refractivity contribution is 0.785. The molecular weight excluding hydrogens is 677 g/mol. The van der Waals surface area contributed by atoms with Crippen LogP contribution in [0.2, 0.25) is 0 Å². The van der Waals surface area contributed by atoms with Crippen molar-refractivity contribution in [3.63, 3.8) is 0 Å². The molecule has 0 aliphatic heterocycles. The fourth-order valence-electron chi connectivity index (χ4n) is 8.15. The highest BCUT2D eigenvalue weighted by molar-refractivity contribution is 6.03. The quantitative estimate of drug-likeness (QED) is 0.130. The Kier molecular flexibility index (Phi) is 10.1. The van der Waals surface area contributed by atoms with Crippen LogP contribution < -0.4 is 9.80 Å². The van der Waals surface area contributed by atoms with Crippen molar-refractivity contribution in [1.29, 1.82) is 0 Å². The Labute approximate surface area is 331 Å². The van der Waals surface area contributed by atoms with Crippen LogP contribution in [-0.4, -0.2) is 6.04 Å². The third kappa shape index (κ3) is 7.30. The fraction of sp³-hybridized carbons (Fsp3) is 0.0741. The van der Waals surface area contributed by atoms with Gasteiger partial charge in [0.2, 0.25) is 0 Å². The summed E-state index contributed by atoms with van der Waals surface area (Å²) in [6.45, 7) is 0. The summed E-state index contributed by atoms with van der Waals surface area (Å²) in [5, 5.41) is 2.56. The van der Waals surface area contributed by atoms with Crippen LogP contribution in [0.1, 0.15) is 46.2 Å². The van der Waals surface area contributed by atoms with E-state index >= 15 is 0 Å². The number of anilines is 5. The highest BCUT2D eigenvalue weighted by Crippen LogP contribution is 2.38. The maximum absolute atomic E-state index is 2.44. The molecule has 0 heterocycles. The van der Waals surface area contributed by atoms with Crippen LogP contribution in [0.15, 0.2) is 194 Å². The highest BCUT2D eigenvalue weighted by Gasteiger charge is 2.20. The van der Waals surface area contributed by atoms with E-state index in [0.29, 0.717) is 0 Å². The van der Waals surface area contributed by atoms with Gasteiger partial charge in [-0.1, -0.05) is 164 Å². The molecule has 2 nitrogen and oxygen atoms in total. The van der Waals surface area contributed by atoms with Crippen LogP contribution >= 0.6 is 0 Å². The van der Waals surface area contributed by atoms with Gasteiger partial charge in [-0.2, -0.15) is 0 Å². The number of benzene rings is 7. The molecular formula is C54H44N2. The van der Waals surface area contributed by atoms with Crippen molar-refractivity contribution in [3.8, 4) is 0 Å². The molecule has 7 aromatic rings. The molecule has 7 aromatic carbocycles. The third-order valence-corrected chi connectivity index (χ3v) is 10.9. The van der Waals surface area contributed by atoms with Crippen molar-refractivity contribution >= 4 is 69.6 Å². The van der Waals surface area contributed by atoms with Gasteiger partial charge in [-0.25, -0.2) is 0 Å². The van der Waals surface area contributed by atoms with E-state index in [1.807, 2.05) is 0 Å².